The van der Waals surface area contributed by atoms with Crippen LogP contribution in [0.1, 0.15) is 15.9 Å². The Hall–Kier alpha value is -2.40. The summed E-state index contributed by atoms with van der Waals surface area (Å²) in [6.07, 6.45) is 1.58. The Bertz CT molecular complexity index is 840. The van der Waals surface area contributed by atoms with Gasteiger partial charge in [0.05, 0.1) is 11.8 Å². The number of carbonyl (C=O) groups is 1. The van der Waals surface area contributed by atoms with Crippen LogP contribution in [0.25, 0.3) is 0 Å². The highest BCUT2D eigenvalue weighted by atomic mass is 32.2. The van der Waals surface area contributed by atoms with Crippen molar-refractivity contribution < 1.29 is 13.2 Å². The van der Waals surface area contributed by atoms with Crippen LogP contribution in [0.5, 0.6) is 0 Å². The van der Waals surface area contributed by atoms with E-state index in [0.29, 0.717) is 11.3 Å². The number of benzene rings is 2. The fraction of sp³-hybridized carbons (Fsp3) is 0.167. The van der Waals surface area contributed by atoms with Crippen molar-refractivity contribution >= 4 is 21.4 Å². The quantitative estimate of drug-likeness (QED) is 0.871. The summed E-state index contributed by atoms with van der Waals surface area (Å²) in [5, 5.41) is 1.19. The van der Waals surface area contributed by atoms with Gasteiger partial charge in [0.25, 0.3) is 5.91 Å². The van der Waals surface area contributed by atoms with Gasteiger partial charge in [0.15, 0.2) is 9.84 Å². The molecule has 1 unspecified atom stereocenters. The number of amides is 1. The van der Waals surface area contributed by atoms with Gasteiger partial charge < -0.3 is 4.90 Å². The third kappa shape index (κ3) is 3.35. The smallest absolute Gasteiger partial charge is 0.258 e. The number of nitrogens with zero attached hydrogens (tertiary/aromatic N) is 1. The van der Waals surface area contributed by atoms with E-state index < -0.39 is 15.9 Å². The van der Waals surface area contributed by atoms with Gasteiger partial charge in [0.2, 0.25) is 0 Å². The summed E-state index contributed by atoms with van der Waals surface area (Å²) in [5.41, 5.74) is 2.29. The standard InChI is InChI=1S/C18H17NO3S/c1-14-7-9-15(10-8-14)18(20)19(16-5-3-2-4-6-16)17-11-12-23(21,22)13-17/h2-12,17H,13H2,1H3. The van der Waals surface area contributed by atoms with Crippen LogP contribution in [-0.2, 0) is 9.84 Å². The second-order valence-electron chi connectivity index (χ2n) is 5.60. The van der Waals surface area contributed by atoms with Crippen LogP contribution in [0.4, 0.5) is 5.69 Å². The molecule has 1 atom stereocenters. The number of hydrogen-bond acceptors (Lipinski definition) is 3. The molecule has 2 aromatic rings. The third-order valence-electron chi connectivity index (χ3n) is 3.79. The van der Waals surface area contributed by atoms with Gasteiger partial charge in [-0.15, -0.1) is 0 Å². The Morgan fingerprint density at radius 3 is 2.26 bits per heavy atom. The molecule has 0 aliphatic carbocycles. The van der Waals surface area contributed by atoms with E-state index in [1.54, 1.807) is 23.1 Å². The molecule has 4 nitrogen and oxygen atoms in total. The number of rotatable bonds is 3. The molecule has 1 amide bonds. The van der Waals surface area contributed by atoms with E-state index in [1.807, 2.05) is 49.4 Å². The highest BCUT2D eigenvalue weighted by Crippen LogP contribution is 2.24. The van der Waals surface area contributed by atoms with Gasteiger partial charge >= 0.3 is 0 Å². The molecule has 0 N–H and O–H groups in total. The normalized spacial score (nSPS) is 18.7. The zero-order valence-electron chi connectivity index (χ0n) is 12.7. The SMILES string of the molecule is Cc1ccc(C(=O)N(c2ccccc2)C2C=CS(=O)(=O)C2)cc1. The van der Waals surface area contributed by atoms with E-state index in [9.17, 15) is 13.2 Å². The average Bonchev–Trinajstić information content (AvgIpc) is 2.89. The minimum absolute atomic E-state index is 0.0838. The zero-order valence-corrected chi connectivity index (χ0v) is 13.5. The predicted octanol–water partition coefficient (Wildman–Crippen LogP) is 2.95. The molecule has 118 valence electrons. The Morgan fingerprint density at radius 1 is 1.04 bits per heavy atom. The van der Waals surface area contributed by atoms with Crippen LogP contribution in [0.15, 0.2) is 66.1 Å². The van der Waals surface area contributed by atoms with Crippen LogP contribution >= 0.6 is 0 Å². The lowest BCUT2D eigenvalue weighted by molar-refractivity contribution is 0.0983. The number of para-hydroxylation sites is 1. The second-order valence-corrected chi connectivity index (χ2v) is 7.53. The maximum Gasteiger partial charge on any atom is 0.258 e. The number of sulfone groups is 1. The molecule has 0 fully saturated rings. The van der Waals surface area contributed by atoms with Gasteiger partial charge in [-0.1, -0.05) is 35.9 Å². The summed E-state index contributed by atoms with van der Waals surface area (Å²) in [6.45, 7) is 1.95. The highest BCUT2D eigenvalue weighted by Gasteiger charge is 2.31. The van der Waals surface area contributed by atoms with Crippen molar-refractivity contribution in [1.82, 2.24) is 0 Å². The Balaban J connectivity index is 2.00. The molecule has 0 saturated heterocycles. The molecule has 3 rings (SSSR count). The minimum Gasteiger partial charge on any atom is -0.300 e. The fourth-order valence-electron chi connectivity index (χ4n) is 2.60. The molecule has 1 aliphatic heterocycles. The van der Waals surface area contributed by atoms with E-state index in [-0.39, 0.29) is 11.7 Å². The molecule has 1 heterocycles. The fourth-order valence-corrected chi connectivity index (χ4v) is 3.87. The summed E-state index contributed by atoms with van der Waals surface area (Å²) in [6, 6.07) is 15.9. The molecule has 2 aromatic carbocycles. The maximum atomic E-state index is 13.0. The van der Waals surface area contributed by atoms with Crippen molar-refractivity contribution in [3.05, 3.63) is 77.2 Å². The second kappa shape index (κ2) is 6.01. The van der Waals surface area contributed by atoms with Crippen molar-refractivity contribution in [1.29, 1.82) is 0 Å². The summed E-state index contributed by atoms with van der Waals surface area (Å²) < 4.78 is 23.5. The van der Waals surface area contributed by atoms with Crippen LogP contribution in [0.3, 0.4) is 0 Å². The molecular weight excluding hydrogens is 310 g/mol. The summed E-state index contributed by atoms with van der Waals surface area (Å²) in [4.78, 5) is 14.5. The van der Waals surface area contributed by atoms with E-state index in [0.717, 1.165) is 5.56 Å². The summed E-state index contributed by atoms with van der Waals surface area (Å²) in [7, 11) is -3.25. The molecule has 23 heavy (non-hydrogen) atoms. The molecule has 0 saturated carbocycles. The Labute approximate surface area is 136 Å². The topological polar surface area (TPSA) is 54.5 Å². The van der Waals surface area contributed by atoms with Gasteiger partial charge in [-0.05, 0) is 37.3 Å². The number of anilines is 1. The number of carbonyl (C=O) groups excluding carboxylic acids is 1. The van der Waals surface area contributed by atoms with E-state index >= 15 is 0 Å². The van der Waals surface area contributed by atoms with E-state index in [1.165, 1.54) is 5.41 Å². The first kappa shape index (κ1) is 15.5. The van der Waals surface area contributed by atoms with Gasteiger partial charge in [0.1, 0.15) is 0 Å². The van der Waals surface area contributed by atoms with Crippen LogP contribution in [0.2, 0.25) is 0 Å². The molecule has 0 bridgehead atoms. The van der Waals surface area contributed by atoms with E-state index in [4.69, 9.17) is 0 Å². The van der Waals surface area contributed by atoms with Gasteiger partial charge in [-0.25, -0.2) is 8.42 Å². The largest absolute Gasteiger partial charge is 0.300 e. The molecule has 5 heteroatoms. The van der Waals surface area contributed by atoms with Crippen molar-refractivity contribution in [2.24, 2.45) is 0 Å². The van der Waals surface area contributed by atoms with Crippen LogP contribution < -0.4 is 4.90 Å². The summed E-state index contributed by atoms with van der Waals surface area (Å²) in [5.74, 6) is -0.289. The van der Waals surface area contributed by atoms with Crippen LogP contribution in [-0.4, -0.2) is 26.1 Å². The van der Waals surface area contributed by atoms with Crippen molar-refractivity contribution in [3.63, 3.8) is 0 Å². The van der Waals surface area contributed by atoms with Crippen molar-refractivity contribution in [2.75, 3.05) is 10.7 Å². The first-order valence-electron chi connectivity index (χ1n) is 7.32. The molecule has 0 radical (unpaired) electrons. The van der Waals surface area contributed by atoms with Crippen molar-refractivity contribution in [3.8, 4) is 0 Å². The molecule has 0 aromatic heterocycles. The number of hydrogen-bond donors (Lipinski definition) is 0. The third-order valence-corrected chi connectivity index (χ3v) is 5.17. The maximum absolute atomic E-state index is 13.0. The van der Waals surface area contributed by atoms with Gasteiger partial charge in [-0.2, -0.15) is 0 Å². The summed E-state index contributed by atoms with van der Waals surface area (Å²) >= 11 is 0. The number of aryl methyl sites for hydroxylation is 1. The lowest BCUT2D eigenvalue weighted by Gasteiger charge is -2.27. The Kier molecular flexibility index (Phi) is 4.05. The van der Waals surface area contributed by atoms with Crippen LogP contribution in [0, 0.1) is 6.92 Å². The average molecular weight is 327 g/mol. The van der Waals surface area contributed by atoms with E-state index in [2.05, 4.69) is 0 Å². The Morgan fingerprint density at radius 2 is 1.70 bits per heavy atom. The first-order valence-corrected chi connectivity index (χ1v) is 9.04. The minimum atomic E-state index is -3.25. The molecular formula is C18H17NO3S. The van der Waals surface area contributed by atoms with Crippen molar-refractivity contribution in [2.45, 2.75) is 13.0 Å². The lowest BCUT2D eigenvalue weighted by Crippen LogP contribution is -2.41. The zero-order chi connectivity index (χ0) is 16.4. The monoisotopic (exact) mass is 327 g/mol. The molecule has 0 spiro atoms. The first-order chi connectivity index (χ1) is 11.0. The van der Waals surface area contributed by atoms with Gasteiger partial charge in [-0.3, -0.25) is 4.79 Å². The molecule has 1 aliphatic rings. The van der Waals surface area contributed by atoms with Gasteiger partial charge in [0, 0.05) is 16.7 Å². The lowest BCUT2D eigenvalue weighted by atomic mass is 10.1. The predicted molar refractivity (Wildman–Crippen MR) is 91.1 cm³/mol. The highest BCUT2D eigenvalue weighted by molar-refractivity contribution is 7.94.